The predicted octanol–water partition coefficient (Wildman–Crippen LogP) is 3.92. The number of aromatic nitrogens is 3. The van der Waals surface area contributed by atoms with E-state index in [1.165, 1.54) is 48.6 Å². The molecule has 0 unspecified atom stereocenters. The van der Waals surface area contributed by atoms with Crippen LogP contribution in [0.4, 0.5) is 19.0 Å². The SMILES string of the molecule is Cc1nccc(C(N)=O)n1.O=CN(CCC1CCCCC1)c1cccc(C(F)(F)F)n1. The van der Waals surface area contributed by atoms with E-state index in [0.29, 0.717) is 24.7 Å². The van der Waals surface area contributed by atoms with Gasteiger partial charge in [-0.1, -0.05) is 38.2 Å². The Bertz CT molecular complexity index is 870. The van der Waals surface area contributed by atoms with Gasteiger partial charge in [0.05, 0.1) is 0 Å². The number of nitrogens with zero attached hydrogens (tertiary/aromatic N) is 4. The number of alkyl halides is 3. The van der Waals surface area contributed by atoms with Gasteiger partial charge in [-0.3, -0.25) is 14.5 Å². The van der Waals surface area contributed by atoms with Crippen molar-refractivity contribution < 1.29 is 22.8 Å². The second kappa shape index (κ2) is 11.4. The van der Waals surface area contributed by atoms with E-state index in [1.54, 1.807) is 6.92 Å². The fourth-order valence-corrected chi connectivity index (χ4v) is 3.35. The maximum absolute atomic E-state index is 12.6. The van der Waals surface area contributed by atoms with E-state index in [0.717, 1.165) is 25.3 Å². The standard InChI is InChI=1S/C15H19F3N2O.C6H7N3O/c16-15(17,18)13-7-4-8-14(19-13)20(11-21)10-9-12-5-2-1-3-6-12;1-4-8-3-2-5(9-4)6(7)10/h4,7-8,11-12H,1-3,5-6,9-10H2;2-3H,1H3,(H2,7,10). The Morgan fingerprint density at radius 2 is 1.90 bits per heavy atom. The number of rotatable bonds is 6. The molecule has 0 atom stereocenters. The molecule has 2 aromatic heterocycles. The van der Waals surface area contributed by atoms with Crippen LogP contribution >= 0.6 is 0 Å². The van der Waals surface area contributed by atoms with Gasteiger partial charge in [-0.05, 0) is 37.5 Å². The molecule has 0 aliphatic heterocycles. The number of aryl methyl sites for hydroxylation is 1. The Labute approximate surface area is 178 Å². The number of amides is 2. The van der Waals surface area contributed by atoms with Crippen molar-refractivity contribution in [1.82, 2.24) is 15.0 Å². The lowest BCUT2D eigenvalue weighted by atomic mass is 9.87. The third-order valence-corrected chi connectivity index (χ3v) is 4.98. The molecule has 2 N–H and O–H groups in total. The fraction of sp³-hybridized carbons (Fsp3) is 0.476. The van der Waals surface area contributed by atoms with Crippen LogP contribution in [-0.4, -0.2) is 33.8 Å². The summed E-state index contributed by atoms with van der Waals surface area (Å²) in [6, 6.07) is 5.11. The molecular formula is C21H26F3N5O2. The number of nitrogens with two attached hydrogens (primary N) is 1. The predicted molar refractivity (Wildman–Crippen MR) is 109 cm³/mol. The highest BCUT2D eigenvalue weighted by Crippen LogP contribution is 2.30. The molecule has 0 bridgehead atoms. The van der Waals surface area contributed by atoms with Crippen molar-refractivity contribution >= 4 is 18.1 Å². The van der Waals surface area contributed by atoms with Crippen molar-refractivity contribution in [3.63, 3.8) is 0 Å². The lowest BCUT2D eigenvalue weighted by molar-refractivity contribution is -0.141. The Morgan fingerprint density at radius 1 is 1.19 bits per heavy atom. The molecule has 2 heterocycles. The molecule has 2 aromatic rings. The molecule has 168 valence electrons. The van der Waals surface area contributed by atoms with Crippen LogP contribution in [0.1, 0.15) is 60.5 Å². The highest BCUT2D eigenvalue weighted by molar-refractivity contribution is 5.90. The lowest BCUT2D eigenvalue weighted by Crippen LogP contribution is -2.26. The highest BCUT2D eigenvalue weighted by atomic mass is 19.4. The summed E-state index contributed by atoms with van der Waals surface area (Å²) in [6.45, 7) is 2.12. The van der Waals surface area contributed by atoms with Crippen molar-refractivity contribution in [2.75, 3.05) is 11.4 Å². The smallest absolute Gasteiger partial charge is 0.364 e. The van der Waals surface area contributed by atoms with Gasteiger partial charge in [-0.2, -0.15) is 13.2 Å². The van der Waals surface area contributed by atoms with Crippen molar-refractivity contribution in [3.8, 4) is 0 Å². The maximum Gasteiger partial charge on any atom is 0.433 e. The Balaban J connectivity index is 0.000000285. The average Bonchev–Trinajstić information content (AvgIpc) is 2.75. The highest BCUT2D eigenvalue weighted by Gasteiger charge is 2.32. The zero-order valence-corrected chi connectivity index (χ0v) is 17.3. The van der Waals surface area contributed by atoms with Gasteiger partial charge in [-0.15, -0.1) is 0 Å². The number of halogens is 3. The van der Waals surface area contributed by atoms with Gasteiger partial charge in [0.1, 0.15) is 23.0 Å². The second-order valence-corrected chi connectivity index (χ2v) is 7.32. The first-order valence-corrected chi connectivity index (χ1v) is 10.1. The summed E-state index contributed by atoms with van der Waals surface area (Å²) in [5.74, 6) is 0.657. The summed E-state index contributed by atoms with van der Waals surface area (Å²) in [5.41, 5.74) is 4.24. The zero-order valence-electron chi connectivity index (χ0n) is 17.3. The summed E-state index contributed by atoms with van der Waals surface area (Å²) in [4.78, 5) is 34.0. The minimum atomic E-state index is -4.49. The molecule has 2 amide bonds. The van der Waals surface area contributed by atoms with Crippen molar-refractivity contribution in [2.45, 2.75) is 51.6 Å². The molecular weight excluding hydrogens is 411 g/mol. The zero-order chi connectivity index (χ0) is 22.9. The van der Waals surface area contributed by atoms with E-state index in [2.05, 4.69) is 15.0 Å². The summed E-state index contributed by atoms with van der Waals surface area (Å²) >= 11 is 0. The molecule has 1 fully saturated rings. The molecule has 10 heteroatoms. The lowest BCUT2D eigenvalue weighted by Gasteiger charge is -2.24. The van der Waals surface area contributed by atoms with E-state index in [-0.39, 0.29) is 11.5 Å². The Morgan fingerprint density at radius 3 is 2.45 bits per heavy atom. The quantitative estimate of drug-likeness (QED) is 0.690. The van der Waals surface area contributed by atoms with E-state index in [1.807, 2.05) is 0 Å². The van der Waals surface area contributed by atoms with Crippen LogP contribution in [0.25, 0.3) is 0 Å². The number of carbonyl (C=O) groups excluding carboxylic acids is 2. The summed E-state index contributed by atoms with van der Waals surface area (Å²) in [7, 11) is 0. The first kappa shape index (κ1) is 24.2. The topological polar surface area (TPSA) is 102 Å². The minimum absolute atomic E-state index is 0.0654. The number of primary amides is 1. The van der Waals surface area contributed by atoms with Gasteiger partial charge in [0.15, 0.2) is 0 Å². The Hall–Kier alpha value is -3.04. The molecule has 0 radical (unpaired) electrons. The average molecular weight is 437 g/mol. The number of carbonyl (C=O) groups is 2. The van der Waals surface area contributed by atoms with E-state index in [9.17, 15) is 22.8 Å². The molecule has 1 aliphatic rings. The maximum atomic E-state index is 12.6. The first-order chi connectivity index (χ1) is 14.7. The summed E-state index contributed by atoms with van der Waals surface area (Å²) in [6.07, 6.45) is 4.33. The van der Waals surface area contributed by atoms with Gasteiger partial charge < -0.3 is 5.73 Å². The molecule has 0 aromatic carbocycles. The van der Waals surface area contributed by atoms with Crippen molar-refractivity contribution in [3.05, 3.63) is 47.7 Å². The third-order valence-electron chi connectivity index (χ3n) is 4.98. The van der Waals surface area contributed by atoms with E-state index in [4.69, 9.17) is 5.73 Å². The van der Waals surface area contributed by atoms with Crippen LogP contribution in [-0.2, 0) is 11.0 Å². The van der Waals surface area contributed by atoms with Gasteiger partial charge in [0.2, 0.25) is 6.41 Å². The van der Waals surface area contributed by atoms with E-state index < -0.39 is 17.8 Å². The van der Waals surface area contributed by atoms with Crippen LogP contribution < -0.4 is 10.6 Å². The number of anilines is 1. The molecule has 1 saturated carbocycles. The van der Waals surface area contributed by atoms with Gasteiger partial charge in [-0.25, -0.2) is 15.0 Å². The molecule has 1 aliphatic carbocycles. The van der Waals surface area contributed by atoms with Crippen molar-refractivity contribution in [1.29, 1.82) is 0 Å². The van der Waals surface area contributed by atoms with Crippen LogP contribution in [0.15, 0.2) is 30.5 Å². The van der Waals surface area contributed by atoms with Crippen molar-refractivity contribution in [2.24, 2.45) is 11.7 Å². The number of hydrogen-bond donors (Lipinski definition) is 1. The number of hydrogen-bond acceptors (Lipinski definition) is 5. The minimum Gasteiger partial charge on any atom is -0.364 e. The number of pyridine rings is 1. The normalized spacial score (nSPS) is 14.3. The van der Waals surface area contributed by atoms with Gasteiger partial charge in [0, 0.05) is 12.7 Å². The molecule has 3 rings (SSSR count). The van der Waals surface area contributed by atoms with Crippen LogP contribution in [0.5, 0.6) is 0 Å². The first-order valence-electron chi connectivity index (χ1n) is 10.1. The third kappa shape index (κ3) is 7.95. The molecule has 31 heavy (non-hydrogen) atoms. The fourth-order valence-electron chi connectivity index (χ4n) is 3.35. The Kier molecular flexibility index (Phi) is 8.89. The second-order valence-electron chi connectivity index (χ2n) is 7.32. The van der Waals surface area contributed by atoms with Gasteiger partial charge >= 0.3 is 6.18 Å². The summed E-state index contributed by atoms with van der Waals surface area (Å²) < 4.78 is 37.9. The molecule has 7 nitrogen and oxygen atoms in total. The molecule has 0 saturated heterocycles. The van der Waals surface area contributed by atoms with Gasteiger partial charge in [0.25, 0.3) is 5.91 Å². The van der Waals surface area contributed by atoms with Crippen LogP contribution in [0.3, 0.4) is 0 Å². The van der Waals surface area contributed by atoms with E-state index >= 15 is 0 Å². The van der Waals surface area contributed by atoms with Crippen LogP contribution in [0, 0.1) is 12.8 Å². The largest absolute Gasteiger partial charge is 0.433 e. The summed E-state index contributed by atoms with van der Waals surface area (Å²) in [5, 5.41) is 0. The molecule has 0 spiro atoms. The van der Waals surface area contributed by atoms with Crippen LogP contribution in [0.2, 0.25) is 0 Å². The monoisotopic (exact) mass is 437 g/mol.